The number of rotatable bonds is 8. The highest BCUT2D eigenvalue weighted by atomic mass is 32.2. The molecule has 0 bridgehead atoms. The number of nitrogens with one attached hydrogen (secondary N) is 1. The Kier molecular flexibility index (Phi) is 9.05. The molecular formula is C32H27N3O9S3. The van der Waals surface area contributed by atoms with Crippen LogP contribution in [-0.4, -0.2) is 44.6 Å². The Morgan fingerprint density at radius 3 is 1.64 bits per heavy atom. The van der Waals surface area contributed by atoms with Crippen LogP contribution in [0.15, 0.2) is 134 Å². The summed E-state index contributed by atoms with van der Waals surface area (Å²) >= 11 is 0. The largest absolute Gasteiger partial charge is 0.398 e. The number of anilines is 3. The highest BCUT2D eigenvalue weighted by molar-refractivity contribution is 7.86. The third-order valence-corrected chi connectivity index (χ3v) is 9.71. The summed E-state index contributed by atoms with van der Waals surface area (Å²) < 4.78 is 99.0. The molecule has 15 heteroatoms. The molecule has 5 rings (SSSR count). The number of benzene rings is 4. The van der Waals surface area contributed by atoms with Crippen molar-refractivity contribution in [1.29, 1.82) is 0 Å². The molecule has 12 nitrogen and oxygen atoms in total. The van der Waals surface area contributed by atoms with Crippen LogP contribution in [-0.2, 0) is 30.4 Å². The van der Waals surface area contributed by atoms with E-state index < -0.39 is 30.4 Å². The van der Waals surface area contributed by atoms with E-state index in [1.165, 1.54) is 54.6 Å². The first kappa shape index (κ1) is 33.5. The highest BCUT2D eigenvalue weighted by Crippen LogP contribution is 2.37. The van der Waals surface area contributed by atoms with E-state index in [1.807, 2.05) is 0 Å². The van der Waals surface area contributed by atoms with Gasteiger partial charge in [0.2, 0.25) is 0 Å². The van der Waals surface area contributed by atoms with Crippen LogP contribution < -0.4 is 11.1 Å². The van der Waals surface area contributed by atoms with E-state index in [1.54, 1.807) is 61.6 Å². The van der Waals surface area contributed by atoms with Crippen LogP contribution in [0.1, 0.15) is 16.7 Å². The summed E-state index contributed by atoms with van der Waals surface area (Å²) in [6.45, 7) is 1.71. The lowest BCUT2D eigenvalue weighted by Crippen LogP contribution is -2.08. The lowest BCUT2D eigenvalue weighted by atomic mass is 9.89. The highest BCUT2D eigenvalue weighted by Gasteiger charge is 2.23. The molecule has 6 N–H and O–H groups in total. The average molecular weight is 694 g/mol. The molecule has 0 aromatic heterocycles. The second-order valence-corrected chi connectivity index (χ2v) is 14.6. The maximum Gasteiger partial charge on any atom is 0.295 e. The van der Waals surface area contributed by atoms with E-state index in [4.69, 9.17) is 5.73 Å². The standard InChI is InChI=1S/C32H27N3O9S3/c1-20-18-29(31(19-30(20)33)47(42,43)44)32(21-2-6-23(7-3-21)34-25-10-14-27(15-11-25)45(36,37)38)22-4-8-24(9-5-22)35-26-12-16-28(17-13-26)46(39,40)41/h2-19,34H,33H2,1H3,(H,36,37,38)(H,39,40,41)(H,42,43,44). The first-order valence-electron chi connectivity index (χ1n) is 13.6. The normalized spacial score (nSPS) is 13.4. The van der Waals surface area contributed by atoms with Gasteiger partial charge in [0, 0.05) is 22.6 Å². The molecule has 0 saturated carbocycles. The summed E-state index contributed by atoms with van der Waals surface area (Å²) in [4.78, 5) is 3.57. The Morgan fingerprint density at radius 2 is 1.15 bits per heavy atom. The number of nitrogen functional groups attached to an aromatic ring is 1. The third-order valence-electron chi connectivity index (χ3n) is 7.08. The van der Waals surface area contributed by atoms with Gasteiger partial charge in [0.15, 0.2) is 0 Å². The fourth-order valence-electron chi connectivity index (χ4n) is 4.73. The summed E-state index contributed by atoms with van der Waals surface area (Å²) in [7, 11) is -13.4. The summed E-state index contributed by atoms with van der Waals surface area (Å²) in [5.74, 6) is 0. The van der Waals surface area contributed by atoms with Crippen molar-refractivity contribution in [2.24, 2.45) is 4.99 Å². The second-order valence-electron chi connectivity index (χ2n) is 10.4. The quantitative estimate of drug-likeness (QED) is 0.110. The molecular weight excluding hydrogens is 667 g/mol. The molecule has 0 unspecified atom stereocenters. The predicted octanol–water partition coefficient (Wildman–Crippen LogP) is 5.76. The second kappa shape index (κ2) is 12.7. The van der Waals surface area contributed by atoms with Crippen LogP contribution in [0.25, 0.3) is 5.57 Å². The predicted molar refractivity (Wildman–Crippen MR) is 179 cm³/mol. The monoisotopic (exact) mass is 693 g/mol. The van der Waals surface area contributed by atoms with Gasteiger partial charge in [-0.05, 0) is 114 Å². The molecule has 4 aromatic carbocycles. The Morgan fingerprint density at radius 1 is 0.660 bits per heavy atom. The fraction of sp³-hybridized carbons (Fsp3) is 0.0312. The number of hydrogen-bond donors (Lipinski definition) is 5. The van der Waals surface area contributed by atoms with Gasteiger partial charge in [-0.25, -0.2) is 4.99 Å². The molecule has 47 heavy (non-hydrogen) atoms. The van der Waals surface area contributed by atoms with Gasteiger partial charge in [0.05, 0.1) is 21.2 Å². The number of nitrogens with two attached hydrogens (primary N) is 1. The van der Waals surface area contributed by atoms with Gasteiger partial charge in [-0.1, -0.05) is 24.3 Å². The zero-order valence-electron chi connectivity index (χ0n) is 24.4. The molecule has 0 amide bonds. The van der Waals surface area contributed by atoms with Crippen LogP contribution in [0, 0.1) is 6.92 Å². The summed E-state index contributed by atoms with van der Waals surface area (Å²) in [6.07, 6.45) is 6.77. The van der Waals surface area contributed by atoms with Gasteiger partial charge in [-0.3, -0.25) is 13.7 Å². The van der Waals surface area contributed by atoms with Gasteiger partial charge in [-0.15, -0.1) is 0 Å². The van der Waals surface area contributed by atoms with E-state index in [9.17, 15) is 38.9 Å². The van der Waals surface area contributed by atoms with Gasteiger partial charge in [0.1, 0.15) is 4.90 Å². The number of allylic oxidation sites excluding steroid dienone is 5. The molecule has 0 atom stereocenters. The van der Waals surface area contributed by atoms with Crippen LogP contribution in [0.3, 0.4) is 0 Å². The van der Waals surface area contributed by atoms with Crippen molar-refractivity contribution < 1.29 is 38.9 Å². The number of aliphatic imine (C=N–C) groups is 1. The van der Waals surface area contributed by atoms with Crippen molar-refractivity contribution in [2.45, 2.75) is 21.6 Å². The molecule has 0 saturated heterocycles. The van der Waals surface area contributed by atoms with Crippen LogP contribution in [0.2, 0.25) is 0 Å². The minimum absolute atomic E-state index is 0.175. The van der Waals surface area contributed by atoms with Crippen molar-refractivity contribution in [3.8, 4) is 0 Å². The lowest BCUT2D eigenvalue weighted by Gasteiger charge is -2.18. The van der Waals surface area contributed by atoms with Crippen LogP contribution >= 0.6 is 0 Å². The van der Waals surface area contributed by atoms with Gasteiger partial charge in [0.25, 0.3) is 30.4 Å². The Balaban J connectivity index is 1.56. The summed E-state index contributed by atoms with van der Waals surface area (Å²) in [6, 6.07) is 20.5. The van der Waals surface area contributed by atoms with Crippen molar-refractivity contribution in [1.82, 2.24) is 0 Å². The maximum atomic E-state index is 12.5. The van der Waals surface area contributed by atoms with E-state index >= 15 is 0 Å². The van der Waals surface area contributed by atoms with Crippen LogP contribution in [0.5, 0.6) is 0 Å². The maximum absolute atomic E-state index is 12.5. The summed E-state index contributed by atoms with van der Waals surface area (Å²) in [5, 5.41) is 3.12. The van der Waals surface area contributed by atoms with Crippen molar-refractivity contribution >= 4 is 64.4 Å². The molecule has 0 fully saturated rings. The summed E-state index contributed by atoms with van der Waals surface area (Å²) in [5.41, 5.74) is 10.7. The zero-order chi connectivity index (χ0) is 34.1. The molecule has 242 valence electrons. The third kappa shape index (κ3) is 7.91. The molecule has 0 heterocycles. The Hall–Kier alpha value is -4.90. The Labute approximate surface area is 271 Å². The SMILES string of the molecule is Cc1cc(C(=C2C=CC(=Nc3ccc(S(=O)(=O)O)cc3)C=C2)c2ccc(Nc3ccc(S(=O)(=O)O)cc3)cc2)c(S(=O)(=O)O)cc1N. The van der Waals surface area contributed by atoms with Crippen molar-refractivity contribution in [3.63, 3.8) is 0 Å². The fourth-order valence-corrected chi connectivity index (χ4v) is 6.41. The van der Waals surface area contributed by atoms with Gasteiger partial charge >= 0.3 is 0 Å². The number of aryl methyl sites for hydroxylation is 1. The first-order chi connectivity index (χ1) is 22.0. The van der Waals surface area contributed by atoms with E-state index in [2.05, 4.69) is 10.3 Å². The molecule has 1 aliphatic carbocycles. The smallest absolute Gasteiger partial charge is 0.295 e. The van der Waals surface area contributed by atoms with Gasteiger partial charge < -0.3 is 11.1 Å². The van der Waals surface area contributed by atoms with Crippen LogP contribution in [0.4, 0.5) is 22.7 Å². The molecule has 1 aliphatic rings. The van der Waals surface area contributed by atoms with Crippen molar-refractivity contribution in [3.05, 3.63) is 131 Å². The first-order valence-corrected chi connectivity index (χ1v) is 17.9. The Bertz CT molecular complexity index is 2310. The molecule has 0 spiro atoms. The van der Waals surface area contributed by atoms with Crippen molar-refractivity contribution in [2.75, 3.05) is 11.1 Å². The van der Waals surface area contributed by atoms with E-state index in [-0.39, 0.29) is 25.9 Å². The molecule has 0 radical (unpaired) electrons. The van der Waals surface area contributed by atoms with E-state index in [0.29, 0.717) is 45.0 Å². The minimum Gasteiger partial charge on any atom is -0.398 e. The lowest BCUT2D eigenvalue weighted by molar-refractivity contribution is 0.480. The number of hydrogen-bond acceptors (Lipinski definition) is 9. The average Bonchev–Trinajstić information content (AvgIpc) is 3.00. The minimum atomic E-state index is -4.71. The van der Waals surface area contributed by atoms with E-state index in [0.717, 1.165) is 0 Å². The zero-order valence-corrected chi connectivity index (χ0v) is 26.9. The number of nitrogens with zero attached hydrogens (tertiary/aromatic N) is 1. The van der Waals surface area contributed by atoms with Gasteiger partial charge in [-0.2, -0.15) is 25.3 Å². The molecule has 4 aromatic rings. The topological polar surface area (TPSA) is 214 Å². The molecule has 0 aliphatic heterocycles.